The number of carbonyl (C=O) groups excluding carboxylic acids is 1. The Kier molecular flexibility index (Phi) is 3.57. The van der Waals surface area contributed by atoms with Crippen LogP contribution in [0.5, 0.6) is 0 Å². The molecule has 0 aliphatic carbocycles. The van der Waals surface area contributed by atoms with Crippen LogP contribution in [-0.4, -0.2) is 10.4 Å². The maximum atomic E-state index is 11.9. The van der Waals surface area contributed by atoms with E-state index in [2.05, 4.69) is 5.92 Å². The molecule has 1 aromatic heterocycles. The van der Waals surface area contributed by atoms with E-state index < -0.39 is 0 Å². The first-order valence-corrected chi connectivity index (χ1v) is 6.25. The Morgan fingerprint density at radius 3 is 2.42 bits per heavy atom. The van der Waals surface area contributed by atoms with E-state index in [0.717, 1.165) is 22.4 Å². The zero-order valence-electron chi connectivity index (χ0n) is 11.5. The van der Waals surface area contributed by atoms with Crippen molar-refractivity contribution >= 4 is 5.78 Å². The first-order chi connectivity index (χ1) is 9.04. The van der Waals surface area contributed by atoms with Gasteiger partial charge in [0.25, 0.3) is 0 Å². The van der Waals surface area contributed by atoms with Gasteiger partial charge >= 0.3 is 0 Å². The Labute approximate surface area is 114 Å². The zero-order chi connectivity index (χ0) is 14.0. The van der Waals surface area contributed by atoms with E-state index >= 15 is 0 Å². The molecule has 0 spiro atoms. The van der Waals surface area contributed by atoms with E-state index in [1.54, 1.807) is 6.92 Å². The lowest BCUT2D eigenvalue weighted by atomic mass is 10.00. The summed E-state index contributed by atoms with van der Waals surface area (Å²) in [4.78, 5) is 11.9. The van der Waals surface area contributed by atoms with Crippen molar-refractivity contribution < 1.29 is 4.79 Å². The molecule has 0 bridgehead atoms. The third-order valence-electron chi connectivity index (χ3n) is 3.32. The highest BCUT2D eigenvalue weighted by molar-refractivity contribution is 6.02. The van der Waals surface area contributed by atoms with Gasteiger partial charge in [-0.05, 0) is 26.3 Å². The number of rotatable bonds is 3. The molecule has 0 N–H and O–H groups in total. The number of benzene rings is 1. The van der Waals surface area contributed by atoms with Crippen molar-refractivity contribution in [2.45, 2.75) is 27.3 Å². The average Bonchev–Trinajstić information content (AvgIpc) is 2.68. The third kappa shape index (κ3) is 2.46. The Morgan fingerprint density at radius 2 is 1.89 bits per heavy atom. The van der Waals surface area contributed by atoms with E-state index in [-0.39, 0.29) is 5.78 Å². The van der Waals surface area contributed by atoms with Gasteiger partial charge < -0.3 is 4.57 Å². The van der Waals surface area contributed by atoms with Crippen LogP contribution in [0.2, 0.25) is 0 Å². The highest BCUT2D eigenvalue weighted by Gasteiger charge is 2.17. The molecule has 96 valence electrons. The number of Topliss-reactive ketones (excluding diaryl/α,β-unsaturated/α-hetero) is 1. The summed E-state index contributed by atoms with van der Waals surface area (Å²) >= 11 is 0. The Balaban J connectivity index is 2.62. The number of carbonyl (C=O) groups is 1. The van der Waals surface area contributed by atoms with Gasteiger partial charge in [-0.2, -0.15) is 0 Å². The van der Waals surface area contributed by atoms with Crippen molar-refractivity contribution in [2.24, 2.45) is 0 Å². The minimum absolute atomic E-state index is 0.0730. The zero-order valence-corrected chi connectivity index (χ0v) is 11.5. The van der Waals surface area contributed by atoms with Gasteiger partial charge in [-0.25, -0.2) is 0 Å². The fourth-order valence-corrected chi connectivity index (χ4v) is 2.31. The van der Waals surface area contributed by atoms with Gasteiger partial charge in [-0.3, -0.25) is 4.79 Å². The van der Waals surface area contributed by atoms with Crippen LogP contribution in [0, 0.1) is 26.2 Å². The quantitative estimate of drug-likeness (QED) is 0.603. The Hall–Kier alpha value is -2.27. The molecule has 0 atom stereocenters. The molecule has 0 saturated heterocycles. The molecule has 0 radical (unpaired) electrons. The third-order valence-corrected chi connectivity index (χ3v) is 3.32. The predicted molar refractivity (Wildman–Crippen MR) is 78.2 cm³/mol. The molecular formula is C17H17NO. The standard InChI is InChI=1S/C17H17NO/c1-5-10-18-11-16(17(13(18)3)14(4)19)15-8-6-12(2)7-9-15/h1,6-9,11H,10H2,2-4H3. The van der Waals surface area contributed by atoms with Crippen LogP contribution < -0.4 is 0 Å². The second-order valence-electron chi connectivity index (χ2n) is 4.76. The largest absolute Gasteiger partial charge is 0.339 e. The molecule has 1 heterocycles. The average molecular weight is 251 g/mol. The lowest BCUT2D eigenvalue weighted by molar-refractivity contribution is 0.101. The van der Waals surface area contributed by atoms with Gasteiger partial charge in [-0.1, -0.05) is 35.7 Å². The Bertz CT molecular complexity index is 654. The summed E-state index contributed by atoms with van der Waals surface area (Å²) in [7, 11) is 0. The van der Waals surface area contributed by atoms with Gasteiger partial charge in [0, 0.05) is 23.0 Å². The number of aromatic nitrogens is 1. The first kappa shape index (κ1) is 13.2. The number of hydrogen-bond acceptors (Lipinski definition) is 1. The van der Waals surface area contributed by atoms with Crippen molar-refractivity contribution in [2.75, 3.05) is 0 Å². The fourth-order valence-electron chi connectivity index (χ4n) is 2.31. The van der Waals surface area contributed by atoms with Gasteiger partial charge in [0.1, 0.15) is 0 Å². The van der Waals surface area contributed by atoms with Crippen molar-refractivity contribution in [3.8, 4) is 23.5 Å². The first-order valence-electron chi connectivity index (χ1n) is 6.25. The maximum Gasteiger partial charge on any atom is 0.162 e. The molecule has 0 aliphatic heterocycles. The SMILES string of the molecule is C#CCn1cc(-c2ccc(C)cc2)c(C(C)=O)c1C. The molecule has 2 aromatic rings. The van der Waals surface area contributed by atoms with Crippen LogP contribution in [0.3, 0.4) is 0 Å². The number of hydrogen-bond donors (Lipinski definition) is 0. The number of nitrogens with zero attached hydrogens (tertiary/aromatic N) is 1. The minimum Gasteiger partial charge on any atom is -0.339 e. The van der Waals surface area contributed by atoms with Crippen LogP contribution >= 0.6 is 0 Å². The van der Waals surface area contributed by atoms with Gasteiger partial charge in [0.2, 0.25) is 0 Å². The molecule has 0 unspecified atom stereocenters. The van der Waals surface area contributed by atoms with Crippen LogP contribution in [0.25, 0.3) is 11.1 Å². The van der Waals surface area contributed by atoms with Crippen LogP contribution in [0.1, 0.15) is 28.5 Å². The van der Waals surface area contributed by atoms with Crippen LogP contribution in [-0.2, 0) is 6.54 Å². The predicted octanol–water partition coefficient (Wildman–Crippen LogP) is 3.61. The summed E-state index contributed by atoms with van der Waals surface area (Å²) in [6.45, 7) is 6.06. The molecule has 2 heteroatoms. The molecule has 0 fully saturated rings. The molecule has 0 amide bonds. The monoisotopic (exact) mass is 251 g/mol. The molecule has 2 nitrogen and oxygen atoms in total. The van der Waals surface area contributed by atoms with E-state index in [1.807, 2.05) is 48.9 Å². The number of aryl methyl sites for hydroxylation is 1. The fraction of sp³-hybridized carbons (Fsp3) is 0.235. The summed E-state index contributed by atoms with van der Waals surface area (Å²) in [5.74, 6) is 2.69. The van der Waals surface area contributed by atoms with E-state index in [0.29, 0.717) is 6.54 Å². The van der Waals surface area contributed by atoms with Crippen LogP contribution in [0.15, 0.2) is 30.5 Å². The number of ketones is 1. The lowest BCUT2D eigenvalue weighted by Crippen LogP contribution is -2.00. The molecule has 2 rings (SSSR count). The second-order valence-corrected chi connectivity index (χ2v) is 4.76. The highest BCUT2D eigenvalue weighted by atomic mass is 16.1. The summed E-state index contributed by atoms with van der Waals surface area (Å²) in [5.41, 5.74) is 4.91. The highest BCUT2D eigenvalue weighted by Crippen LogP contribution is 2.28. The second kappa shape index (κ2) is 5.16. The summed E-state index contributed by atoms with van der Waals surface area (Å²) in [6, 6.07) is 8.17. The number of terminal acetylenes is 1. The summed E-state index contributed by atoms with van der Waals surface area (Å²) in [6.07, 6.45) is 7.34. The smallest absolute Gasteiger partial charge is 0.162 e. The van der Waals surface area contributed by atoms with Gasteiger partial charge in [-0.15, -0.1) is 6.42 Å². The summed E-state index contributed by atoms with van der Waals surface area (Å²) < 4.78 is 1.95. The topological polar surface area (TPSA) is 22.0 Å². The molecule has 1 aromatic carbocycles. The maximum absolute atomic E-state index is 11.9. The molecular weight excluding hydrogens is 234 g/mol. The molecule has 0 aliphatic rings. The normalized spacial score (nSPS) is 10.2. The van der Waals surface area contributed by atoms with E-state index in [1.165, 1.54) is 5.56 Å². The molecule has 19 heavy (non-hydrogen) atoms. The minimum atomic E-state index is 0.0730. The van der Waals surface area contributed by atoms with Crippen molar-refractivity contribution in [1.82, 2.24) is 4.57 Å². The Morgan fingerprint density at radius 1 is 1.26 bits per heavy atom. The summed E-state index contributed by atoms with van der Waals surface area (Å²) in [5, 5.41) is 0. The van der Waals surface area contributed by atoms with Gasteiger partial charge in [0.05, 0.1) is 6.54 Å². The lowest BCUT2D eigenvalue weighted by Gasteiger charge is -2.03. The van der Waals surface area contributed by atoms with Crippen molar-refractivity contribution in [1.29, 1.82) is 0 Å². The van der Waals surface area contributed by atoms with Crippen molar-refractivity contribution in [3.05, 3.63) is 47.3 Å². The van der Waals surface area contributed by atoms with Gasteiger partial charge in [0.15, 0.2) is 5.78 Å². The van der Waals surface area contributed by atoms with E-state index in [9.17, 15) is 4.79 Å². The van der Waals surface area contributed by atoms with Crippen molar-refractivity contribution in [3.63, 3.8) is 0 Å². The van der Waals surface area contributed by atoms with E-state index in [4.69, 9.17) is 6.42 Å². The van der Waals surface area contributed by atoms with Crippen LogP contribution in [0.4, 0.5) is 0 Å². The molecule has 0 saturated carbocycles.